The smallest absolute Gasteiger partial charge is 0.0720 e. The zero-order valence-electron chi connectivity index (χ0n) is 12.3. The van der Waals surface area contributed by atoms with Crippen LogP contribution in [-0.2, 0) is 17.8 Å². The molecule has 0 saturated heterocycles. The standard InChI is InChI=1S/C17H27NO/c1-3-14-5-7-15(8-6-14)13-19-17-11-9-16(10-12-17)18-4-2/h5-8,16-18H,3-4,9-13H2,1-2H3. The average Bonchev–Trinajstić information content (AvgIpc) is 2.47. The van der Waals surface area contributed by atoms with E-state index in [0.29, 0.717) is 12.1 Å². The van der Waals surface area contributed by atoms with Gasteiger partial charge in [0.15, 0.2) is 0 Å². The number of aryl methyl sites for hydroxylation is 1. The molecule has 1 saturated carbocycles. The summed E-state index contributed by atoms with van der Waals surface area (Å²) in [6.07, 6.45) is 6.48. The lowest BCUT2D eigenvalue weighted by Crippen LogP contribution is -2.35. The largest absolute Gasteiger partial charge is 0.374 e. The van der Waals surface area contributed by atoms with E-state index in [0.717, 1.165) is 19.6 Å². The van der Waals surface area contributed by atoms with Gasteiger partial charge in [0.2, 0.25) is 0 Å². The van der Waals surface area contributed by atoms with Crippen molar-refractivity contribution in [2.45, 2.75) is 64.7 Å². The molecule has 0 atom stereocenters. The summed E-state index contributed by atoms with van der Waals surface area (Å²) in [5.41, 5.74) is 2.70. The zero-order valence-corrected chi connectivity index (χ0v) is 12.3. The van der Waals surface area contributed by atoms with E-state index in [-0.39, 0.29) is 0 Å². The number of rotatable bonds is 6. The molecule has 2 heteroatoms. The van der Waals surface area contributed by atoms with E-state index in [1.165, 1.54) is 36.8 Å². The van der Waals surface area contributed by atoms with E-state index in [1.54, 1.807) is 0 Å². The highest BCUT2D eigenvalue weighted by molar-refractivity contribution is 5.21. The highest BCUT2D eigenvalue weighted by atomic mass is 16.5. The van der Waals surface area contributed by atoms with Crippen molar-refractivity contribution < 1.29 is 4.74 Å². The molecule has 0 bridgehead atoms. The van der Waals surface area contributed by atoms with Gasteiger partial charge < -0.3 is 10.1 Å². The lowest BCUT2D eigenvalue weighted by atomic mass is 9.93. The van der Waals surface area contributed by atoms with Crippen molar-refractivity contribution >= 4 is 0 Å². The Morgan fingerprint density at radius 3 is 2.21 bits per heavy atom. The maximum atomic E-state index is 6.04. The van der Waals surface area contributed by atoms with Gasteiger partial charge in [-0.2, -0.15) is 0 Å². The van der Waals surface area contributed by atoms with Crippen LogP contribution in [0.3, 0.4) is 0 Å². The summed E-state index contributed by atoms with van der Waals surface area (Å²) in [6, 6.07) is 9.53. The molecule has 1 aliphatic rings. The molecule has 0 aliphatic heterocycles. The molecule has 0 radical (unpaired) electrons. The third kappa shape index (κ3) is 4.63. The first kappa shape index (κ1) is 14.5. The van der Waals surface area contributed by atoms with Crippen LogP contribution in [0.5, 0.6) is 0 Å². The van der Waals surface area contributed by atoms with Crippen LogP contribution in [0.1, 0.15) is 50.7 Å². The first-order valence-corrected chi connectivity index (χ1v) is 7.74. The molecule has 2 rings (SSSR count). The summed E-state index contributed by atoms with van der Waals surface area (Å²) in [6.45, 7) is 6.22. The number of benzene rings is 1. The molecule has 1 fully saturated rings. The van der Waals surface area contributed by atoms with Gasteiger partial charge in [0, 0.05) is 6.04 Å². The molecule has 2 nitrogen and oxygen atoms in total. The fourth-order valence-corrected chi connectivity index (χ4v) is 2.81. The van der Waals surface area contributed by atoms with Gasteiger partial charge in [-0.3, -0.25) is 0 Å². The van der Waals surface area contributed by atoms with Gasteiger partial charge in [0.05, 0.1) is 12.7 Å². The van der Waals surface area contributed by atoms with E-state index in [9.17, 15) is 0 Å². The third-order valence-corrected chi connectivity index (χ3v) is 4.08. The summed E-state index contributed by atoms with van der Waals surface area (Å²) in [5.74, 6) is 0. The van der Waals surface area contributed by atoms with E-state index < -0.39 is 0 Å². The van der Waals surface area contributed by atoms with Crippen molar-refractivity contribution in [3.8, 4) is 0 Å². The van der Waals surface area contributed by atoms with Crippen molar-refractivity contribution in [1.82, 2.24) is 5.32 Å². The second-order valence-corrected chi connectivity index (χ2v) is 5.51. The quantitative estimate of drug-likeness (QED) is 0.843. The summed E-state index contributed by atoms with van der Waals surface area (Å²) in [7, 11) is 0. The lowest BCUT2D eigenvalue weighted by Gasteiger charge is -2.29. The number of hydrogen-bond acceptors (Lipinski definition) is 2. The molecule has 0 heterocycles. The van der Waals surface area contributed by atoms with Gasteiger partial charge in [0.1, 0.15) is 0 Å². The Bertz CT molecular complexity index is 352. The third-order valence-electron chi connectivity index (χ3n) is 4.08. The fourth-order valence-electron chi connectivity index (χ4n) is 2.81. The predicted molar refractivity (Wildman–Crippen MR) is 80.3 cm³/mol. The molecular weight excluding hydrogens is 234 g/mol. The minimum absolute atomic E-state index is 0.459. The van der Waals surface area contributed by atoms with Crippen LogP contribution in [0, 0.1) is 0 Å². The van der Waals surface area contributed by atoms with Crippen molar-refractivity contribution in [1.29, 1.82) is 0 Å². The highest BCUT2D eigenvalue weighted by Gasteiger charge is 2.20. The van der Waals surface area contributed by atoms with Crippen LogP contribution in [0.25, 0.3) is 0 Å². The maximum absolute atomic E-state index is 6.04. The molecule has 0 unspecified atom stereocenters. The number of nitrogens with one attached hydrogen (secondary N) is 1. The van der Waals surface area contributed by atoms with Gasteiger partial charge in [0.25, 0.3) is 0 Å². The first-order chi connectivity index (χ1) is 9.31. The van der Waals surface area contributed by atoms with Crippen molar-refractivity contribution in [3.05, 3.63) is 35.4 Å². The highest BCUT2D eigenvalue weighted by Crippen LogP contribution is 2.22. The second-order valence-electron chi connectivity index (χ2n) is 5.51. The molecule has 1 aromatic carbocycles. The first-order valence-electron chi connectivity index (χ1n) is 7.74. The number of hydrogen-bond donors (Lipinski definition) is 1. The Labute approximate surface area is 117 Å². The minimum Gasteiger partial charge on any atom is -0.374 e. The van der Waals surface area contributed by atoms with Crippen LogP contribution >= 0.6 is 0 Å². The Morgan fingerprint density at radius 2 is 1.63 bits per heavy atom. The van der Waals surface area contributed by atoms with E-state index in [1.807, 2.05) is 0 Å². The Balaban J connectivity index is 1.71. The maximum Gasteiger partial charge on any atom is 0.0720 e. The van der Waals surface area contributed by atoms with Crippen LogP contribution in [0.15, 0.2) is 24.3 Å². The summed E-state index contributed by atoms with van der Waals surface area (Å²) >= 11 is 0. The van der Waals surface area contributed by atoms with E-state index in [4.69, 9.17) is 4.74 Å². The SMILES string of the molecule is CCNC1CCC(OCc2ccc(CC)cc2)CC1. The van der Waals surface area contributed by atoms with Crippen molar-refractivity contribution in [3.63, 3.8) is 0 Å². The normalized spacial score (nSPS) is 23.5. The lowest BCUT2D eigenvalue weighted by molar-refractivity contribution is 0.0114. The van der Waals surface area contributed by atoms with E-state index >= 15 is 0 Å². The molecule has 1 N–H and O–H groups in total. The van der Waals surface area contributed by atoms with Gasteiger partial charge in [-0.1, -0.05) is 38.1 Å². The van der Waals surface area contributed by atoms with Gasteiger partial charge >= 0.3 is 0 Å². The monoisotopic (exact) mass is 261 g/mol. The van der Waals surface area contributed by atoms with Crippen molar-refractivity contribution in [2.75, 3.05) is 6.54 Å². The zero-order chi connectivity index (χ0) is 13.5. The summed E-state index contributed by atoms with van der Waals surface area (Å²) < 4.78 is 6.04. The van der Waals surface area contributed by atoms with Crippen LogP contribution in [0.2, 0.25) is 0 Å². The summed E-state index contributed by atoms with van der Waals surface area (Å²) in [4.78, 5) is 0. The van der Waals surface area contributed by atoms with Gasteiger partial charge in [-0.15, -0.1) is 0 Å². The molecule has 0 amide bonds. The van der Waals surface area contributed by atoms with Crippen LogP contribution in [-0.4, -0.2) is 18.7 Å². The predicted octanol–water partition coefficient (Wildman–Crippen LogP) is 3.69. The molecule has 106 valence electrons. The molecule has 1 aliphatic carbocycles. The average molecular weight is 261 g/mol. The van der Waals surface area contributed by atoms with E-state index in [2.05, 4.69) is 43.4 Å². The molecule has 0 spiro atoms. The Morgan fingerprint density at radius 1 is 1.00 bits per heavy atom. The molecular formula is C17H27NO. The molecule has 0 aromatic heterocycles. The van der Waals surface area contributed by atoms with Crippen molar-refractivity contribution in [2.24, 2.45) is 0 Å². The van der Waals surface area contributed by atoms with Crippen LogP contribution in [0.4, 0.5) is 0 Å². The second kappa shape index (κ2) is 7.66. The fraction of sp³-hybridized carbons (Fsp3) is 0.647. The minimum atomic E-state index is 0.459. The summed E-state index contributed by atoms with van der Waals surface area (Å²) in [5, 5.41) is 3.54. The van der Waals surface area contributed by atoms with Crippen LogP contribution < -0.4 is 5.32 Å². The Kier molecular flexibility index (Phi) is 5.87. The van der Waals surface area contributed by atoms with Gasteiger partial charge in [-0.05, 0) is 49.8 Å². The topological polar surface area (TPSA) is 21.3 Å². The molecule has 1 aromatic rings. The number of ether oxygens (including phenoxy) is 1. The molecule has 19 heavy (non-hydrogen) atoms. The Hall–Kier alpha value is -0.860. The van der Waals surface area contributed by atoms with Gasteiger partial charge in [-0.25, -0.2) is 0 Å².